The van der Waals surface area contributed by atoms with Gasteiger partial charge >= 0.3 is 0 Å². The average Bonchev–Trinajstić information content (AvgIpc) is 2.89. The number of rotatable bonds is 6. The zero-order valence-corrected chi connectivity index (χ0v) is 12.7. The number of guanidine groups is 1. The fourth-order valence-electron chi connectivity index (χ4n) is 1.85. The molecule has 2 aromatic heterocycles. The SMILES string of the molecule is CN=C(NCCSC)NCCc1nnc2ccccn12. The summed E-state index contributed by atoms with van der Waals surface area (Å²) in [6.45, 7) is 1.68. The molecular weight excluding hydrogens is 272 g/mol. The van der Waals surface area contributed by atoms with Gasteiger partial charge in [-0.2, -0.15) is 11.8 Å². The van der Waals surface area contributed by atoms with Crippen molar-refractivity contribution in [1.82, 2.24) is 25.2 Å². The first-order chi connectivity index (χ1) is 9.85. The summed E-state index contributed by atoms with van der Waals surface area (Å²) in [4.78, 5) is 4.18. The van der Waals surface area contributed by atoms with E-state index in [0.717, 1.165) is 42.7 Å². The molecule has 7 heteroatoms. The number of aromatic nitrogens is 3. The first kappa shape index (κ1) is 14.6. The van der Waals surface area contributed by atoms with Gasteiger partial charge in [-0.15, -0.1) is 10.2 Å². The number of nitrogens with one attached hydrogen (secondary N) is 2. The molecule has 0 aromatic carbocycles. The van der Waals surface area contributed by atoms with Crippen LogP contribution in [0, 0.1) is 0 Å². The predicted octanol–water partition coefficient (Wildman–Crippen LogP) is 0.800. The van der Waals surface area contributed by atoms with E-state index >= 15 is 0 Å². The van der Waals surface area contributed by atoms with Gasteiger partial charge in [-0.3, -0.25) is 9.39 Å². The zero-order chi connectivity index (χ0) is 14.2. The van der Waals surface area contributed by atoms with Crippen molar-refractivity contribution in [2.75, 3.05) is 32.1 Å². The van der Waals surface area contributed by atoms with E-state index in [1.165, 1.54) is 0 Å². The molecule has 0 amide bonds. The van der Waals surface area contributed by atoms with Crippen molar-refractivity contribution < 1.29 is 0 Å². The summed E-state index contributed by atoms with van der Waals surface area (Å²) in [6.07, 6.45) is 4.87. The number of hydrogen-bond acceptors (Lipinski definition) is 4. The molecular formula is C13H20N6S. The standard InChI is InChI=1S/C13H20N6S/c1-14-13(16-8-10-20-2)15-7-6-12-18-17-11-5-3-4-9-19(11)12/h3-5,9H,6-8,10H2,1-2H3,(H2,14,15,16). The number of pyridine rings is 1. The highest BCUT2D eigenvalue weighted by atomic mass is 32.2. The van der Waals surface area contributed by atoms with E-state index in [-0.39, 0.29) is 0 Å². The molecule has 0 aliphatic rings. The average molecular weight is 292 g/mol. The Balaban J connectivity index is 1.83. The summed E-state index contributed by atoms with van der Waals surface area (Å²) < 4.78 is 2.01. The predicted molar refractivity (Wildman–Crippen MR) is 84.4 cm³/mol. The topological polar surface area (TPSA) is 66.6 Å². The third-order valence-corrected chi connectivity index (χ3v) is 3.46. The molecule has 6 nitrogen and oxygen atoms in total. The molecule has 0 radical (unpaired) electrons. The van der Waals surface area contributed by atoms with Crippen molar-refractivity contribution in [3.8, 4) is 0 Å². The van der Waals surface area contributed by atoms with E-state index in [1.54, 1.807) is 7.05 Å². The Kier molecular flexibility index (Phi) is 5.67. The molecule has 20 heavy (non-hydrogen) atoms. The lowest BCUT2D eigenvalue weighted by Gasteiger charge is -2.10. The highest BCUT2D eigenvalue weighted by molar-refractivity contribution is 7.98. The molecule has 2 heterocycles. The molecule has 0 aliphatic heterocycles. The van der Waals surface area contributed by atoms with Gasteiger partial charge < -0.3 is 10.6 Å². The van der Waals surface area contributed by atoms with Gasteiger partial charge in [-0.05, 0) is 18.4 Å². The molecule has 0 atom stereocenters. The fourth-order valence-corrected chi connectivity index (χ4v) is 2.15. The van der Waals surface area contributed by atoms with Crippen molar-refractivity contribution in [2.24, 2.45) is 4.99 Å². The highest BCUT2D eigenvalue weighted by Crippen LogP contribution is 2.02. The van der Waals surface area contributed by atoms with Crippen LogP contribution >= 0.6 is 11.8 Å². The van der Waals surface area contributed by atoms with Gasteiger partial charge in [0, 0.05) is 38.5 Å². The van der Waals surface area contributed by atoms with E-state index in [1.807, 2.05) is 40.6 Å². The van der Waals surface area contributed by atoms with E-state index in [0.29, 0.717) is 0 Å². The van der Waals surface area contributed by atoms with Crippen LogP contribution in [0.4, 0.5) is 0 Å². The molecule has 2 N–H and O–H groups in total. The second-order valence-corrected chi connectivity index (χ2v) is 5.20. The molecule has 0 bridgehead atoms. The molecule has 0 spiro atoms. The van der Waals surface area contributed by atoms with Crippen molar-refractivity contribution in [3.63, 3.8) is 0 Å². The molecule has 0 aliphatic carbocycles. The van der Waals surface area contributed by atoms with Crippen LogP contribution in [-0.2, 0) is 6.42 Å². The molecule has 2 aromatic rings. The third-order valence-electron chi connectivity index (χ3n) is 2.85. The van der Waals surface area contributed by atoms with Crippen LogP contribution < -0.4 is 10.6 Å². The number of thioether (sulfide) groups is 1. The van der Waals surface area contributed by atoms with Crippen LogP contribution in [0.3, 0.4) is 0 Å². The summed E-state index contributed by atoms with van der Waals surface area (Å²) in [5.74, 6) is 2.84. The van der Waals surface area contributed by atoms with Crippen LogP contribution in [0.1, 0.15) is 5.82 Å². The molecule has 108 valence electrons. The molecule has 0 saturated heterocycles. The Morgan fingerprint density at radius 3 is 2.95 bits per heavy atom. The van der Waals surface area contributed by atoms with E-state index < -0.39 is 0 Å². The lowest BCUT2D eigenvalue weighted by atomic mass is 10.4. The molecule has 2 rings (SSSR count). The van der Waals surface area contributed by atoms with Crippen molar-refractivity contribution in [2.45, 2.75) is 6.42 Å². The minimum Gasteiger partial charge on any atom is -0.356 e. The maximum atomic E-state index is 4.20. The van der Waals surface area contributed by atoms with Crippen molar-refractivity contribution in [3.05, 3.63) is 30.2 Å². The van der Waals surface area contributed by atoms with E-state index in [9.17, 15) is 0 Å². The second kappa shape index (κ2) is 7.74. The van der Waals surface area contributed by atoms with Crippen LogP contribution in [0.2, 0.25) is 0 Å². The quantitative estimate of drug-likeness (QED) is 0.468. The highest BCUT2D eigenvalue weighted by Gasteiger charge is 2.04. The summed E-state index contributed by atoms with van der Waals surface area (Å²) >= 11 is 1.81. The normalized spacial score (nSPS) is 11.8. The Morgan fingerprint density at radius 2 is 2.15 bits per heavy atom. The van der Waals surface area contributed by atoms with Gasteiger partial charge in [0.2, 0.25) is 0 Å². The number of aliphatic imine (C=N–C) groups is 1. The van der Waals surface area contributed by atoms with Crippen molar-refractivity contribution in [1.29, 1.82) is 0 Å². The van der Waals surface area contributed by atoms with E-state index in [2.05, 4.69) is 32.1 Å². The van der Waals surface area contributed by atoms with E-state index in [4.69, 9.17) is 0 Å². The Morgan fingerprint density at radius 1 is 1.30 bits per heavy atom. The summed E-state index contributed by atoms with van der Waals surface area (Å²) in [7, 11) is 1.78. The van der Waals surface area contributed by atoms with Gasteiger partial charge in [0.05, 0.1) is 0 Å². The van der Waals surface area contributed by atoms with Gasteiger partial charge in [0.25, 0.3) is 0 Å². The zero-order valence-electron chi connectivity index (χ0n) is 11.8. The monoisotopic (exact) mass is 292 g/mol. The number of hydrogen-bond donors (Lipinski definition) is 2. The van der Waals surface area contributed by atoms with Gasteiger partial charge in [0.1, 0.15) is 5.82 Å². The molecule has 0 unspecified atom stereocenters. The maximum Gasteiger partial charge on any atom is 0.191 e. The van der Waals surface area contributed by atoms with Crippen LogP contribution in [0.25, 0.3) is 5.65 Å². The largest absolute Gasteiger partial charge is 0.356 e. The molecule has 0 fully saturated rings. The first-order valence-corrected chi connectivity index (χ1v) is 7.96. The second-order valence-electron chi connectivity index (χ2n) is 4.21. The van der Waals surface area contributed by atoms with Gasteiger partial charge in [-0.1, -0.05) is 6.07 Å². The van der Waals surface area contributed by atoms with Crippen LogP contribution in [0.15, 0.2) is 29.4 Å². The lowest BCUT2D eigenvalue weighted by molar-refractivity contribution is 0.770. The number of nitrogens with zero attached hydrogens (tertiary/aromatic N) is 4. The Bertz CT molecular complexity index is 565. The van der Waals surface area contributed by atoms with Crippen LogP contribution in [-0.4, -0.2) is 52.7 Å². The maximum absolute atomic E-state index is 4.20. The van der Waals surface area contributed by atoms with Gasteiger partial charge in [-0.25, -0.2) is 0 Å². The lowest BCUT2D eigenvalue weighted by Crippen LogP contribution is -2.39. The van der Waals surface area contributed by atoms with Crippen LogP contribution in [0.5, 0.6) is 0 Å². The number of fused-ring (bicyclic) bond motifs is 1. The fraction of sp³-hybridized carbons (Fsp3) is 0.462. The Labute approximate surface area is 123 Å². The summed E-state index contributed by atoms with van der Waals surface area (Å²) in [5, 5.41) is 14.9. The third kappa shape index (κ3) is 3.86. The molecule has 0 saturated carbocycles. The summed E-state index contributed by atoms with van der Waals surface area (Å²) in [5.41, 5.74) is 0.880. The first-order valence-electron chi connectivity index (χ1n) is 6.57. The van der Waals surface area contributed by atoms with Gasteiger partial charge in [0.15, 0.2) is 11.6 Å². The van der Waals surface area contributed by atoms with Crippen molar-refractivity contribution >= 4 is 23.4 Å². The Hall–Kier alpha value is -1.76. The smallest absolute Gasteiger partial charge is 0.191 e. The minimum absolute atomic E-state index is 0.772. The minimum atomic E-state index is 0.772. The summed E-state index contributed by atoms with van der Waals surface area (Å²) in [6, 6.07) is 5.90.